The molecule has 0 aliphatic heterocycles. The van der Waals surface area contributed by atoms with Crippen molar-refractivity contribution < 1.29 is 4.74 Å². The minimum absolute atomic E-state index is 0.181. The van der Waals surface area contributed by atoms with Crippen molar-refractivity contribution >= 4 is 23.2 Å². The summed E-state index contributed by atoms with van der Waals surface area (Å²) in [5.74, 6) is 1.40. The highest BCUT2D eigenvalue weighted by molar-refractivity contribution is 6.30. The van der Waals surface area contributed by atoms with E-state index in [1.165, 1.54) is 0 Å². The highest BCUT2D eigenvalue weighted by Crippen LogP contribution is 2.25. The maximum absolute atomic E-state index is 6.03. The van der Waals surface area contributed by atoms with Crippen LogP contribution in [0.4, 0.5) is 0 Å². The minimum atomic E-state index is 0.181. The standard InChI is InChI=1S/C15H11Cl2N3O/c1-21-13-7-5-12(6-8-13)20-14(18-15(17)19-20)10-3-2-4-11(16)9-10/h2-9H,1H3. The quantitative estimate of drug-likeness (QED) is 0.724. The zero-order chi connectivity index (χ0) is 14.8. The molecule has 0 N–H and O–H groups in total. The molecule has 2 aromatic carbocycles. The average Bonchev–Trinajstić information content (AvgIpc) is 2.89. The lowest BCUT2D eigenvalue weighted by Crippen LogP contribution is -1.99. The van der Waals surface area contributed by atoms with Crippen LogP contribution in [0, 0.1) is 0 Å². The van der Waals surface area contributed by atoms with Crippen molar-refractivity contribution in [2.75, 3.05) is 7.11 Å². The number of halogens is 2. The van der Waals surface area contributed by atoms with Gasteiger partial charge >= 0.3 is 0 Å². The van der Waals surface area contributed by atoms with Crippen molar-refractivity contribution in [1.82, 2.24) is 14.8 Å². The van der Waals surface area contributed by atoms with Crippen molar-refractivity contribution in [3.8, 4) is 22.8 Å². The summed E-state index contributed by atoms with van der Waals surface area (Å²) in [6.45, 7) is 0. The lowest BCUT2D eigenvalue weighted by atomic mass is 10.2. The lowest BCUT2D eigenvalue weighted by Gasteiger charge is -2.07. The predicted octanol–water partition coefficient (Wildman–Crippen LogP) is 4.25. The van der Waals surface area contributed by atoms with Crippen LogP contribution in [-0.2, 0) is 0 Å². The highest BCUT2D eigenvalue weighted by atomic mass is 35.5. The molecule has 0 fully saturated rings. The van der Waals surface area contributed by atoms with Crippen LogP contribution in [0.5, 0.6) is 5.75 Å². The first-order valence-electron chi connectivity index (χ1n) is 6.20. The topological polar surface area (TPSA) is 39.9 Å². The summed E-state index contributed by atoms with van der Waals surface area (Å²) in [4.78, 5) is 4.27. The Balaban J connectivity index is 2.10. The van der Waals surface area contributed by atoms with Gasteiger partial charge in [0.15, 0.2) is 5.82 Å². The summed E-state index contributed by atoms with van der Waals surface area (Å²) < 4.78 is 6.83. The van der Waals surface area contributed by atoms with E-state index in [0.29, 0.717) is 10.8 Å². The largest absolute Gasteiger partial charge is 0.497 e. The number of methoxy groups -OCH3 is 1. The number of aromatic nitrogens is 3. The zero-order valence-corrected chi connectivity index (χ0v) is 12.6. The van der Waals surface area contributed by atoms with E-state index in [1.807, 2.05) is 42.5 Å². The maximum atomic E-state index is 6.03. The van der Waals surface area contributed by atoms with Crippen LogP contribution in [0.25, 0.3) is 17.1 Å². The third kappa shape index (κ3) is 2.86. The maximum Gasteiger partial charge on any atom is 0.243 e. The van der Waals surface area contributed by atoms with Crippen molar-refractivity contribution in [3.63, 3.8) is 0 Å². The van der Waals surface area contributed by atoms with E-state index in [0.717, 1.165) is 17.0 Å². The van der Waals surface area contributed by atoms with Crippen LogP contribution in [0.15, 0.2) is 48.5 Å². The second-order valence-electron chi connectivity index (χ2n) is 4.32. The summed E-state index contributed by atoms with van der Waals surface area (Å²) in [6.07, 6.45) is 0. The van der Waals surface area contributed by atoms with Crippen LogP contribution in [-0.4, -0.2) is 21.9 Å². The number of benzene rings is 2. The molecule has 4 nitrogen and oxygen atoms in total. The fourth-order valence-electron chi connectivity index (χ4n) is 2.00. The molecule has 0 radical (unpaired) electrons. The molecule has 106 valence electrons. The van der Waals surface area contributed by atoms with Gasteiger partial charge in [0.1, 0.15) is 5.75 Å². The normalized spacial score (nSPS) is 10.6. The Bertz CT molecular complexity index is 769. The highest BCUT2D eigenvalue weighted by Gasteiger charge is 2.13. The van der Waals surface area contributed by atoms with Crippen molar-refractivity contribution in [3.05, 3.63) is 58.8 Å². The van der Waals surface area contributed by atoms with Gasteiger partial charge in [0.25, 0.3) is 0 Å². The van der Waals surface area contributed by atoms with E-state index in [4.69, 9.17) is 27.9 Å². The fraction of sp³-hybridized carbons (Fsp3) is 0.0667. The van der Waals surface area contributed by atoms with E-state index in [1.54, 1.807) is 17.9 Å². The van der Waals surface area contributed by atoms with Gasteiger partial charge in [-0.15, -0.1) is 5.10 Å². The van der Waals surface area contributed by atoms with Gasteiger partial charge in [-0.05, 0) is 48.0 Å². The Hall–Kier alpha value is -2.04. The molecule has 0 aliphatic rings. The molecular weight excluding hydrogens is 309 g/mol. The van der Waals surface area contributed by atoms with Gasteiger partial charge in [0.2, 0.25) is 5.28 Å². The van der Waals surface area contributed by atoms with E-state index in [-0.39, 0.29) is 5.28 Å². The van der Waals surface area contributed by atoms with Gasteiger partial charge < -0.3 is 4.74 Å². The Labute approximate surface area is 131 Å². The molecule has 0 atom stereocenters. The Morgan fingerprint density at radius 3 is 2.48 bits per heavy atom. The first-order valence-corrected chi connectivity index (χ1v) is 6.96. The van der Waals surface area contributed by atoms with Crippen LogP contribution in [0.1, 0.15) is 0 Å². The summed E-state index contributed by atoms with van der Waals surface area (Å²) in [7, 11) is 1.62. The molecule has 0 saturated heterocycles. The molecule has 0 amide bonds. The number of rotatable bonds is 3. The molecule has 3 rings (SSSR count). The summed E-state index contributed by atoms with van der Waals surface area (Å²) >= 11 is 12.0. The van der Waals surface area contributed by atoms with Gasteiger partial charge in [0, 0.05) is 10.6 Å². The molecule has 3 aromatic rings. The first-order chi connectivity index (χ1) is 10.2. The Kier molecular flexibility index (Phi) is 3.82. The average molecular weight is 320 g/mol. The molecule has 0 unspecified atom stereocenters. The van der Waals surface area contributed by atoms with Gasteiger partial charge in [-0.3, -0.25) is 0 Å². The lowest BCUT2D eigenvalue weighted by molar-refractivity contribution is 0.414. The van der Waals surface area contributed by atoms with Crippen molar-refractivity contribution in [2.24, 2.45) is 0 Å². The van der Waals surface area contributed by atoms with Crippen molar-refractivity contribution in [1.29, 1.82) is 0 Å². The molecular formula is C15H11Cl2N3O. The van der Waals surface area contributed by atoms with E-state index < -0.39 is 0 Å². The molecule has 0 spiro atoms. The summed E-state index contributed by atoms with van der Waals surface area (Å²) in [5, 5.41) is 5.04. The predicted molar refractivity (Wildman–Crippen MR) is 83.4 cm³/mol. The van der Waals surface area contributed by atoms with E-state index in [9.17, 15) is 0 Å². The van der Waals surface area contributed by atoms with Crippen molar-refractivity contribution in [2.45, 2.75) is 0 Å². The zero-order valence-electron chi connectivity index (χ0n) is 11.1. The second-order valence-corrected chi connectivity index (χ2v) is 5.10. The summed E-state index contributed by atoms with van der Waals surface area (Å²) in [6, 6.07) is 14.9. The molecule has 1 aromatic heterocycles. The Morgan fingerprint density at radius 1 is 1.05 bits per heavy atom. The molecule has 1 heterocycles. The number of hydrogen-bond acceptors (Lipinski definition) is 3. The molecule has 0 bridgehead atoms. The number of hydrogen-bond donors (Lipinski definition) is 0. The first kappa shape index (κ1) is 13.9. The Morgan fingerprint density at radius 2 is 1.81 bits per heavy atom. The van der Waals surface area contributed by atoms with Gasteiger partial charge in [0.05, 0.1) is 12.8 Å². The van der Waals surface area contributed by atoms with E-state index >= 15 is 0 Å². The van der Waals surface area contributed by atoms with Crippen LogP contribution in [0.2, 0.25) is 10.3 Å². The van der Waals surface area contributed by atoms with Gasteiger partial charge in [-0.25, -0.2) is 4.68 Å². The molecule has 6 heteroatoms. The van der Waals surface area contributed by atoms with Gasteiger partial charge in [-0.1, -0.05) is 23.7 Å². The fourth-order valence-corrected chi connectivity index (χ4v) is 2.35. The van der Waals surface area contributed by atoms with Crippen LogP contribution < -0.4 is 4.74 Å². The third-order valence-corrected chi connectivity index (χ3v) is 3.38. The smallest absolute Gasteiger partial charge is 0.243 e. The molecule has 0 aliphatic carbocycles. The minimum Gasteiger partial charge on any atom is -0.497 e. The van der Waals surface area contributed by atoms with Crippen LogP contribution >= 0.6 is 23.2 Å². The SMILES string of the molecule is COc1ccc(-n2nc(Cl)nc2-c2cccc(Cl)c2)cc1. The third-order valence-electron chi connectivity index (χ3n) is 2.98. The number of nitrogens with zero attached hydrogens (tertiary/aromatic N) is 3. The van der Waals surface area contributed by atoms with E-state index in [2.05, 4.69) is 10.1 Å². The summed E-state index contributed by atoms with van der Waals surface area (Å²) in [5.41, 5.74) is 1.68. The monoisotopic (exact) mass is 319 g/mol. The number of ether oxygens (including phenoxy) is 1. The van der Waals surface area contributed by atoms with Crippen LogP contribution in [0.3, 0.4) is 0 Å². The second kappa shape index (κ2) is 5.76. The van der Waals surface area contributed by atoms with Gasteiger partial charge in [-0.2, -0.15) is 4.98 Å². The molecule has 21 heavy (non-hydrogen) atoms. The molecule has 0 saturated carbocycles.